The Kier molecular flexibility index (Phi) is 2.18. The smallest absolute Gasteiger partial charge is 0.191 e. The highest BCUT2D eigenvalue weighted by atomic mass is 32.1. The monoisotopic (exact) mass is 196 g/mol. The summed E-state index contributed by atoms with van der Waals surface area (Å²) in [4.78, 5) is 10.6. The highest BCUT2D eigenvalue weighted by molar-refractivity contribution is 7.07. The van der Waals surface area contributed by atoms with Crippen molar-refractivity contribution >= 4 is 17.3 Å². The van der Waals surface area contributed by atoms with E-state index in [1.165, 1.54) is 0 Å². The Morgan fingerprint density at radius 1 is 1.77 bits per heavy atom. The van der Waals surface area contributed by atoms with Crippen LogP contribution in [-0.4, -0.2) is 28.9 Å². The largest absolute Gasteiger partial charge is 0.370 e. The molecule has 0 aliphatic carbocycles. The van der Waals surface area contributed by atoms with Gasteiger partial charge in [-0.15, -0.1) is 11.3 Å². The van der Waals surface area contributed by atoms with E-state index in [1.54, 1.807) is 11.3 Å². The van der Waals surface area contributed by atoms with Crippen molar-refractivity contribution in [3.8, 4) is 0 Å². The van der Waals surface area contributed by atoms with E-state index < -0.39 is 0 Å². The molecule has 0 aromatic carbocycles. The van der Waals surface area contributed by atoms with Crippen LogP contribution >= 0.6 is 11.3 Å². The van der Waals surface area contributed by atoms with E-state index in [0.717, 1.165) is 18.8 Å². The van der Waals surface area contributed by atoms with Crippen molar-refractivity contribution < 1.29 is 0 Å². The molecule has 1 aliphatic rings. The van der Waals surface area contributed by atoms with Gasteiger partial charge in [0.15, 0.2) is 5.96 Å². The maximum Gasteiger partial charge on any atom is 0.191 e. The molecule has 1 aliphatic heterocycles. The Balaban J connectivity index is 2.19. The summed E-state index contributed by atoms with van der Waals surface area (Å²) in [6.45, 7) is 3.70. The van der Waals surface area contributed by atoms with Crippen LogP contribution in [0.2, 0.25) is 0 Å². The SMILES string of the molecule is CCN1C(N)=NCC1c1cscn1. The number of aromatic nitrogens is 1. The molecule has 2 rings (SSSR count). The van der Waals surface area contributed by atoms with E-state index >= 15 is 0 Å². The molecule has 0 saturated carbocycles. The fourth-order valence-electron chi connectivity index (χ4n) is 1.55. The first-order valence-corrected chi connectivity index (χ1v) is 5.22. The van der Waals surface area contributed by atoms with Crippen molar-refractivity contribution in [3.05, 3.63) is 16.6 Å². The summed E-state index contributed by atoms with van der Waals surface area (Å²) in [6, 6.07) is 0.260. The topological polar surface area (TPSA) is 54.5 Å². The number of guanidine groups is 1. The van der Waals surface area contributed by atoms with E-state index in [9.17, 15) is 0 Å². The van der Waals surface area contributed by atoms with Crippen LogP contribution in [0, 0.1) is 0 Å². The number of aliphatic imine (C=N–C) groups is 1. The molecule has 0 saturated heterocycles. The molecule has 0 fully saturated rings. The average Bonchev–Trinajstić information content (AvgIpc) is 2.71. The van der Waals surface area contributed by atoms with Crippen LogP contribution in [-0.2, 0) is 0 Å². The number of thiazole rings is 1. The first-order chi connectivity index (χ1) is 6.33. The van der Waals surface area contributed by atoms with Gasteiger partial charge in [-0.05, 0) is 6.92 Å². The van der Waals surface area contributed by atoms with Gasteiger partial charge in [0, 0.05) is 11.9 Å². The van der Waals surface area contributed by atoms with Gasteiger partial charge in [-0.2, -0.15) is 0 Å². The average molecular weight is 196 g/mol. The minimum Gasteiger partial charge on any atom is -0.370 e. The fraction of sp³-hybridized carbons (Fsp3) is 0.500. The van der Waals surface area contributed by atoms with Crippen molar-refractivity contribution in [3.63, 3.8) is 0 Å². The lowest BCUT2D eigenvalue weighted by Gasteiger charge is -2.22. The zero-order valence-corrected chi connectivity index (χ0v) is 8.29. The first kappa shape index (κ1) is 8.50. The van der Waals surface area contributed by atoms with E-state index in [2.05, 4.69) is 27.2 Å². The maximum absolute atomic E-state index is 5.74. The molecule has 13 heavy (non-hydrogen) atoms. The Hall–Kier alpha value is -1.10. The third-order valence-electron chi connectivity index (χ3n) is 2.23. The summed E-state index contributed by atoms with van der Waals surface area (Å²) < 4.78 is 0. The molecule has 2 N–H and O–H groups in total. The van der Waals surface area contributed by atoms with Crippen LogP contribution in [0.15, 0.2) is 15.9 Å². The van der Waals surface area contributed by atoms with E-state index in [0.29, 0.717) is 5.96 Å². The first-order valence-electron chi connectivity index (χ1n) is 4.27. The number of nitrogens with zero attached hydrogens (tertiary/aromatic N) is 3. The highest BCUT2D eigenvalue weighted by Crippen LogP contribution is 2.24. The molecule has 1 aromatic heterocycles. The normalized spacial score (nSPS) is 22.1. The van der Waals surface area contributed by atoms with E-state index in [-0.39, 0.29) is 6.04 Å². The third kappa shape index (κ3) is 1.39. The van der Waals surface area contributed by atoms with Crippen molar-refractivity contribution in [1.29, 1.82) is 0 Å². The van der Waals surface area contributed by atoms with Gasteiger partial charge in [0.2, 0.25) is 0 Å². The predicted octanol–water partition coefficient (Wildman–Crippen LogP) is 0.834. The summed E-state index contributed by atoms with van der Waals surface area (Å²) >= 11 is 1.61. The lowest BCUT2D eigenvalue weighted by atomic mass is 10.2. The van der Waals surface area contributed by atoms with Gasteiger partial charge in [-0.25, -0.2) is 4.98 Å². The molecule has 1 aromatic rings. The Labute approximate surface area is 81.1 Å². The molecule has 70 valence electrons. The molecule has 0 radical (unpaired) electrons. The summed E-state index contributed by atoms with van der Waals surface area (Å²) in [6.07, 6.45) is 0. The van der Waals surface area contributed by atoms with Gasteiger partial charge in [-0.1, -0.05) is 0 Å². The second-order valence-electron chi connectivity index (χ2n) is 2.91. The van der Waals surface area contributed by atoms with Crippen molar-refractivity contribution in [2.75, 3.05) is 13.1 Å². The standard InChI is InChI=1S/C8H12N4S/c1-2-12-7(3-10-8(12)9)6-4-13-5-11-6/h4-5,7H,2-3H2,1H3,(H2,9,10). The van der Waals surface area contributed by atoms with Gasteiger partial charge in [0.05, 0.1) is 23.8 Å². The minimum atomic E-state index is 0.260. The van der Waals surface area contributed by atoms with Crippen LogP contribution in [0.25, 0.3) is 0 Å². The summed E-state index contributed by atoms with van der Waals surface area (Å²) in [5, 5.41) is 2.06. The molecule has 0 bridgehead atoms. The van der Waals surface area contributed by atoms with E-state index in [1.807, 2.05) is 5.51 Å². The van der Waals surface area contributed by atoms with Gasteiger partial charge in [0.1, 0.15) is 0 Å². The highest BCUT2D eigenvalue weighted by Gasteiger charge is 2.26. The quantitative estimate of drug-likeness (QED) is 0.762. The predicted molar refractivity (Wildman–Crippen MR) is 53.7 cm³/mol. The Morgan fingerprint density at radius 3 is 3.23 bits per heavy atom. The molecule has 1 unspecified atom stereocenters. The zero-order valence-electron chi connectivity index (χ0n) is 7.47. The fourth-order valence-corrected chi connectivity index (χ4v) is 2.15. The van der Waals surface area contributed by atoms with E-state index in [4.69, 9.17) is 5.73 Å². The lowest BCUT2D eigenvalue weighted by Crippen LogP contribution is -2.35. The number of hydrogen-bond acceptors (Lipinski definition) is 5. The van der Waals surface area contributed by atoms with Crippen LogP contribution in [0.1, 0.15) is 18.7 Å². The van der Waals surface area contributed by atoms with Crippen molar-refractivity contribution in [1.82, 2.24) is 9.88 Å². The second kappa shape index (κ2) is 3.33. The Bertz CT molecular complexity index is 306. The molecule has 5 heteroatoms. The number of nitrogens with two attached hydrogens (primary N) is 1. The molecule has 4 nitrogen and oxygen atoms in total. The molecular formula is C8H12N4S. The Morgan fingerprint density at radius 2 is 2.62 bits per heavy atom. The van der Waals surface area contributed by atoms with Crippen LogP contribution < -0.4 is 5.73 Å². The lowest BCUT2D eigenvalue weighted by molar-refractivity contribution is 0.359. The minimum absolute atomic E-state index is 0.260. The number of likely N-dealkylation sites (N-methyl/N-ethyl adjacent to an activating group) is 1. The molecule has 2 heterocycles. The molecule has 1 atom stereocenters. The second-order valence-corrected chi connectivity index (χ2v) is 3.63. The van der Waals surface area contributed by atoms with Gasteiger partial charge in [-0.3, -0.25) is 4.99 Å². The van der Waals surface area contributed by atoms with Crippen LogP contribution in [0.4, 0.5) is 0 Å². The number of hydrogen-bond donors (Lipinski definition) is 1. The van der Waals surface area contributed by atoms with Crippen LogP contribution in [0.3, 0.4) is 0 Å². The van der Waals surface area contributed by atoms with Gasteiger partial charge in [0.25, 0.3) is 0 Å². The summed E-state index contributed by atoms with van der Waals surface area (Å²) in [5.41, 5.74) is 8.66. The molecule has 0 spiro atoms. The maximum atomic E-state index is 5.74. The van der Waals surface area contributed by atoms with Gasteiger partial charge < -0.3 is 10.6 Å². The number of rotatable bonds is 2. The molecular weight excluding hydrogens is 184 g/mol. The zero-order chi connectivity index (χ0) is 9.26. The van der Waals surface area contributed by atoms with Crippen molar-refractivity contribution in [2.45, 2.75) is 13.0 Å². The van der Waals surface area contributed by atoms with Crippen molar-refractivity contribution in [2.24, 2.45) is 10.7 Å². The summed E-state index contributed by atoms with van der Waals surface area (Å²) in [5.74, 6) is 0.639. The van der Waals surface area contributed by atoms with Crippen LogP contribution in [0.5, 0.6) is 0 Å². The molecule has 0 amide bonds. The van der Waals surface area contributed by atoms with Gasteiger partial charge >= 0.3 is 0 Å². The summed E-state index contributed by atoms with van der Waals surface area (Å²) in [7, 11) is 0. The third-order valence-corrected chi connectivity index (χ3v) is 2.83.